The quantitative estimate of drug-likeness (QED) is 0.210. The minimum atomic E-state index is -0.590. The van der Waals surface area contributed by atoms with Crippen LogP contribution in [-0.2, 0) is 4.79 Å². The lowest BCUT2D eigenvalue weighted by Crippen LogP contribution is -2.20. The molecule has 4 aromatic carbocycles. The van der Waals surface area contributed by atoms with E-state index in [0.717, 1.165) is 11.1 Å². The lowest BCUT2D eigenvalue weighted by Gasteiger charge is -2.17. The second-order valence-corrected chi connectivity index (χ2v) is 8.20. The number of esters is 1. The first-order chi connectivity index (χ1) is 16.6. The highest BCUT2D eigenvalue weighted by Gasteiger charge is 2.25. The molecule has 0 saturated heterocycles. The summed E-state index contributed by atoms with van der Waals surface area (Å²) >= 11 is 6.26. The van der Waals surface area contributed by atoms with Crippen molar-refractivity contribution in [2.75, 3.05) is 0 Å². The van der Waals surface area contributed by atoms with Crippen molar-refractivity contribution in [2.24, 2.45) is 0 Å². The van der Waals surface area contributed by atoms with E-state index < -0.39 is 11.9 Å². The lowest BCUT2D eigenvalue weighted by molar-refractivity contribution is -0.135. The molecule has 0 unspecified atom stereocenters. The van der Waals surface area contributed by atoms with Gasteiger partial charge in [0.05, 0.1) is 10.9 Å². The summed E-state index contributed by atoms with van der Waals surface area (Å²) in [5.74, 6) is -0.720. The molecule has 5 aromatic rings. The SMILES string of the molecule is O=C(Oc1ccc2c(=O)c(-c3ccccc3Cl)coc2c1)C(c1ccccc1)c1ccccc1. The topological polar surface area (TPSA) is 56.5 Å². The highest BCUT2D eigenvalue weighted by molar-refractivity contribution is 6.33. The van der Waals surface area contributed by atoms with Crippen LogP contribution in [0.25, 0.3) is 22.1 Å². The van der Waals surface area contributed by atoms with E-state index in [1.165, 1.54) is 6.26 Å². The molecule has 4 nitrogen and oxygen atoms in total. The van der Waals surface area contributed by atoms with Gasteiger partial charge in [0.2, 0.25) is 5.43 Å². The molecule has 1 heterocycles. The van der Waals surface area contributed by atoms with Crippen molar-refractivity contribution in [3.63, 3.8) is 0 Å². The first-order valence-electron chi connectivity index (χ1n) is 10.7. The molecule has 34 heavy (non-hydrogen) atoms. The van der Waals surface area contributed by atoms with Crippen LogP contribution in [-0.4, -0.2) is 5.97 Å². The fourth-order valence-corrected chi connectivity index (χ4v) is 4.21. The standard InChI is InChI=1S/C29H19ClO4/c30-25-14-8-7-13-22(25)24-18-33-26-17-21(15-16-23(26)28(24)31)34-29(32)27(19-9-3-1-4-10-19)20-11-5-2-6-12-20/h1-18,27H. The second kappa shape index (κ2) is 9.38. The summed E-state index contributed by atoms with van der Waals surface area (Å²) in [6.07, 6.45) is 1.38. The molecule has 5 rings (SSSR count). The normalized spacial score (nSPS) is 11.0. The van der Waals surface area contributed by atoms with Crippen molar-refractivity contribution in [1.29, 1.82) is 0 Å². The first kappa shape index (κ1) is 21.7. The molecule has 166 valence electrons. The Morgan fingerprint density at radius 1 is 0.765 bits per heavy atom. The van der Waals surface area contributed by atoms with E-state index in [9.17, 15) is 9.59 Å². The van der Waals surface area contributed by atoms with Gasteiger partial charge in [-0.25, -0.2) is 0 Å². The zero-order valence-corrected chi connectivity index (χ0v) is 18.7. The minimum absolute atomic E-state index is 0.210. The number of ether oxygens (including phenoxy) is 1. The third kappa shape index (κ3) is 4.24. The Labute approximate surface area is 201 Å². The summed E-state index contributed by atoms with van der Waals surface area (Å²) in [6.45, 7) is 0. The molecule has 0 fully saturated rings. The van der Waals surface area contributed by atoms with Crippen molar-refractivity contribution in [3.8, 4) is 16.9 Å². The molecule has 0 aliphatic heterocycles. The Morgan fingerprint density at radius 3 is 2.03 bits per heavy atom. The van der Waals surface area contributed by atoms with Crippen LogP contribution in [0.2, 0.25) is 5.02 Å². The van der Waals surface area contributed by atoms with Crippen molar-refractivity contribution in [2.45, 2.75) is 5.92 Å². The maximum atomic E-state index is 13.3. The molecule has 0 N–H and O–H groups in total. The van der Waals surface area contributed by atoms with Gasteiger partial charge in [0, 0.05) is 16.7 Å². The van der Waals surface area contributed by atoms with E-state index in [1.807, 2.05) is 66.7 Å². The zero-order valence-electron chi connectivity index (χ0n) is 18.0. The van der Waals surface area contributed by atoms with Gasteiger partial charge in [-0.15, -0.1) is 0 Å². The number of carbonyl (C=O) groups is 1. The molecule has 0 radical (unpaired) electrons. The van der Waals surface area contributed by atoms with Crippen molar-refractivity contribution < 1.29 is 13.9 Å². The molecular weight excluding hydrogens is 448 g/mol. The van der Waals surface area contributed by atoms with E-state index in [2.05, 4.69) is 0 Å². The molecule has 0 saturated carbocycles. The minimum Gasteiger partial charge on any atom is -0.463 e. The lowest BCUT2D eigenvalue weighted by atomic mass is 9.91. The highest BCUT2D eigenvalue weighted by atomic mass is 35.5. The molecule has 0 spiro atoms. The molecule has 0 amide bonds. The van der Waals surface area contributed by atoms with Crippen LogP contribution in [0.15, 0.2) is 119 Å². The number of hydrogen-bond acceptors (Lipinski definition) is 4. The van der Waals surface area contributed by atoms with Crippen LogP contribution in [0, 0.1) is 0 Å². The fraction of sp³-hybridized carbons (Fsp3) is 0.0345. The van der Waals surface area contributed by atoms with E-state index in [4.69, 9.17) is 20.8 Å². The number of benzene rings is 4. The Kier molecular flexibility index (Phi) is 5.98. The molecule has 0 aliphatic carbocycles. The summed E-state index contributed by atoms with van der Waals surface area (Å²) in [4.78, 5) is 26.3. The van der Waals surface area contributed by atoms with Gasteiger partial charge >= 0.3 is 5.97 Å². The van der Waals surface area contributed by atoms with Crippen molar-refractivity contribution in [1.82, 2.24) is 0 Å². The van der Waals surface area contributed by atoms with E-state index in [-0.39, 0.29) is 5.43 Å². The van der Waals surface area contributed by atoms with Gasteiger partial charge in [0.1, 0.15) is 23.5 Å². The van der Waals surface area contributed by atoms with Gasteiger partial charge < -0.3 is 9.15 Å². The Hall–Kier alpha value is -4.15. The third-order valence-electron chi connectivity index (χ3n) is 5.63. The maximum absolute atomic E-state index is 13.3. The first-order valence-corrected chi connectivity index (χ1v) is 11.1. The molecule has 1 aromatic heterocycles. The Balaban J connectivity index is 1.48. The summed E-state index contributed by atoms with van der Waals surface area (Å²) in [5, 5.41) is 0.840. The smallest absolute Gasteiger partial charge is 0.323 e. The summed E-state index contributed by atoms with van der Waals surface area (Å²) < 4.78 is 11.5. The van der Waals surface area contributed by atoms with E-state index in [0.29, 0.717) is 32.9 Å². The number of hydrogen-bond donors (Lipinski definition) is 0. The summed E-state index contributed by atoms with van der Waals surface area (Å²) in [6, 6.07) is 30.8. The van der Waals surface area contributed by atoms with Gasteiger partial charge in [-0.3, -0.25) is 9.59 Å². The van der Waals surface area contributed by atoms with Gasteiger partial charge in [0.25, 0.3) is 0 Å². The largest absolute Gasteiger partial charge is 0.463 e. The van der Waals surface area contributed by atoms with E-state index in [1.54, 1.807) is 36.4 Å². The van der Waals surface area contributed by atoms with Crippen molar-refractivity contribution >= 4 is 28.5 Å². The number of carbonyl (C=O) groups excluding carboxylic acids is 1. The summed E-state index contributed by atoms with van der Waals surface area (Å²) in [5.41, 5.74) is 2.74. The highest BCUT2D eigenvalue weighted by Crippen LogP contribution is 2.30. The van der Waals surface area contributed by atoms with Crippen LogP contribution in [0.5, 0.6) is 5.75 Å². The maximum Gasteiger partial charge on any atom is 0.323 e. The van der Waals surface area contributed by atoms with Crippen molar-refractivity contribution in [3.05, 3.63) is 136 Å². The number of rotatable bonds is 5. The summed E-state index contributed by atoms with van der Waals surface area (Å²) in [7, 11) is 0. The predicted molar refractivity (Wildman–Crippen MR) is 133 cm³/mol. The van der Waals surface area contributed by atoms with Gasteiger partial charge in [-0.05, 0) is 29.3 Å². The van der Waals surface area contributed by atoms with Crippen LogP contribution >= 0.6 is 11.6 Å². The van der Waals surface area contributed by atoms with Gasteiger partial charge in [0.15, 0.2) is 0 Å². The molecule has 0 atom stereocenters. The number of halogens is 1. The second-order valence-electron chi connectivity index (χ2n) is 7.79. The molecule has 0 aliphatic rings. The van der Waals surface area contributed by atoms with Crippen LogP contribution in [0.1, 0.15) is 17.0 Å². The average Bonchev–Trinajstić information content (AvgIpc) is 2.86. The van der Waals surface area contributed by atoms with Gasteiger partial charge in [-0.2, -0.15) is 0 Å². The monoisotopic (exact) mass is 466 g/mol. The fourth-order valence-electron chi connectivity index (χ4n) is 3.97. The number of fused-ring (bicyclic) bond motifs is 1. The predicted octanol–water partition coefficient (Wildman–Crippen LogP) is 6.85. The zero-order chi connectivity index (χ0) is 23.5. The van der Waals surface area contributed by atoms with E-state index >= 15 is 0 Å². The average molecular weight is 467 g/mol. The Bertz CT molecular complexity index is 1490. The van der Waals surface area contributed by atoms with Crippen LogP contribution in [0.3, 0.4) is 0 Å². The molecule has 0 bridgehead atoms. The Morgan fingerprint density at radius 2 is 1.38 bits per heavy atom. The van der Waals surface area contributed by atoms with Crippen LogP contribution < -0.4 is 10.2 Å². The molecular formula is C29H19ClO4. The third-order valence-corrected chi connectivity index (χ3v) is 5.96. The van der Waals surface area contributed by atoms with Crippen LogP contribution in [0.4, 0.5) is 0 Å². The molecule has 5 heteroatoms. The van der Waals surface area contributed by atoms with Gasteiger partial charge in [-0.1, -0.05) is 90.5 Å².